The van der Waals surface area contributed by atoms with Crippen LogP contribution in [0.25, 0.3) is 0 Å². The Morgan fingerprint density at radius 3 is 2.38 bits per heavy atom. The lowest BCUT2D eigenvalue weighted by molar-refractivity contribution is 0.354. The van der Waals surface area contributed by atoms with Gasteiger partial charge in [-0.2, -0.15) is 0 Å². The second-order valence-corrected chi connectivity index (χ2v) is 3.77. The molecule has 0 fully saturated rings. The molecule has 0 aliphatic rings. The fourth-order valence-electron chi connectivity index (χ4n) is 1.44. The molecule has 0 aliphatic heterocycles. The van der Waals surface area contributed by atoms with Crippen LogP contribution in [-0.4, -0.2) is 26.5 Å². The van der Waals surface area contributed by atoms with E-state index in [4.69, 9.17) is 9.47 Å². The molecule has 0 N–H and O–H groups in total. The summed E-state index contributed by atoms with van der Waals surface area (Å²) in [7, 11) is 3.29. The molecular weight excluding hydrogens is 202 g/mol. The first-order chi connectivity index (χ1) is 7.67. The zero-order valence-electron chi connectivity index (χ0n) is 10.4. The van der Waals surface area contributed by atoms with Crippen LogP contribution >= 0.6 is 0 Å². The standard InChI is InChI=1S/C13H19NO2/c1-10(2)14-8-7-11-5-6-12(15-3)13(9-11)16-4/h5-6,9H,7-8H2,1-4H3. The van der Waals surface area contributed by atoms with Gasteiger partial charge >= 0.3 is 0 Å². The van der Waals surface area contributed by atoms with E-state index in [1.165, 1.54) is 5.56 Å². The van der Waals surface area contributed by atoms with Crippen LogP contribution in [0.4, 0.5) is 0 Å². The second-order valence-electron chi connectivity index (χ2n) is 3.77. The Bertz CT molecular complexity index is 368. The fourth-order valence-corrected chi connectivity index (χ4v) is 1.44. The number of hydrogen-bond acceptors (Lipinski definition) is 3. The molecule has 0 aromatic heterocycles. The van der Waals surface area contributed by atoms with Gasteiger partial charge in [-0.1, -0.05) is 6.07 Å². The Balaban J connectivity index is 2.71. The van der Waals surface area contributed by atoms with Gasteiger partial charge < -0.3 is 9.47 Å². The average Bonchev–Trinajstić information content (AvgIpc) is 2.28. The van der Waals surface area contributed by atoms with Gasteiger partial charge in [-0.15, -0.1) is 0 Å². The predicted molar refractivity (Wildman–Crippen MR) is 66.9 cm³/mol. The molecule has 3 heteroatoms. The average molecular weight is 221 g/mol. The van der Waals surface area contributed by atoms with Crippen molar-refractivity contribution in [3.63, 3.8) is 0 Å². The number of hydrogen-bond donors (Lipinski definition) is 0. The highest BCUT2D eigenvalue weighted by molar-refractivity contribution is 5.79. The summed E-state index contributed by atoms with van der Waals surface area (Å²) in [5, 5.41) is 0. The highest BCUT2D eigenvalue weighted by Crippen LogP contribution is 2.27. The highest BCUT2D eigenvalue weighted by Gasteiger charge is 2.03. The van der Waals surface area contributed by atoms with Crippen molar-refractivity contribution in [3.05, 3.63) is 23.8 Å². The van der Waals surface area contributed by atoms with Gasteiger partial charge in [0.1, 0.15) is 0 Å². The summed E-state index contributed by atoms with van der Waals surface area (Å²) in [5.74, 6) is 1.54. The number of ether oxygens (including phenoxy) is 2. The molecule has 0 saturated carbocycles. The first-order valence-corrected chi connectivity index (χ1v) is 5.36. The van der Waals surface area contributed by atoms with E-state index in [9.17, 15) is 0 Å². The Kier molecular flexibility index (Phi) is 4.83. The molecule has 0 aliphatic carbocycles. The molecule has 1 rings (SSSR count). The topological polar surface area (TPSA) is 30.8 Å². The number of benzene rings is 1. The minimum Gasteiger partial charge on any atom is -0.493 e. The third-order valence-electron chi connectivity index (χ3n) is 2.28. The molecule has 16 heavy (non-hydrogen) atoms. The van der Waals surface area contributed by atoms with Crippen LogP contribution in [0.15, 0.2) is 23.2 Å². The van der Waals surface area contributed by atoms with Crippen LogP contribution in [0, 0.1) is 0 Å². The molecule has 1 aromatic rings. The molecule has 0 radical (unpaired) electrons. The molecule has 0 bridgehead atoms. The summed E-state index contributed by atoms with van der Waals surface area (Å²) in [6, 6.07) is 5.97. The van der Waals surface area contributed by atoms with Crippen LogP contribution in [0.2, 0.25) is 0 Å². The minimum atomic E-state index is 0.765. The third kappa shape index (κ3) is 3.57. The summed E-state index contributed by atoms with van der Waals surface area (Å²) >= 11 is 0. The van der Waals surface area contributed by atoms with E-state index in [1.807, 2.05) is 32.0 Å². The molecule has 0 saturated heterocycles. The van der Waals surface area contributed by atoms with E-state index in [0.29, 0.717) is 0 Å². The Morgan fingerprint density at radius 1 is 1.12 bits per heavy atom. The molecule has 0 unspecified atom stereocenters. The number of methoxy groups -OCH3 is 2. The van der Waals surface area contributed by atoms with E-state index in [1.54, 1.807) is 14.2 Å². The molecule has 3 nitrogen and oxygen atoms in total. The predicted octanol–water partition coefficient (Wildman–Crippen LogP) is 2.73. The third-order valence-corrected chi connectivity index (χ3v) is 2.28. The maximum Gasteiger partial charge on any atom is 0.160 e. The summed E-state index contributed by atoms with van der Waals surface area (Å²) in [6.07, 6.45) is 0.922. The van der Waals surface area contributed by atoms with Crippen LogP contribution in [0.3, 0.4) is 0 Å². The van der Waals surface area contributed by atoms with Gasteiger partial charge in [-0.3, -0.25) is 4.99 Å². The first-order valence-electron chi connectivity index (χ1n) is 5.36. The molecule has 0 spiro atoms. The molecule has 88 valence electrons. The summed E-state index contributed by atoms with van der Waals surface area (Å²) < 4.78 is 10.4. The number of aliphatic imine (C=N–C) groups is 1. The molecular formula is C13H19NO2. The van der Waals surface area contributed by atoms with E-state index >= 15 is 0 Å². The summed E-state index contributed by atoms with van der Waals surface area (Å²) in [5.41, 5.74) is 2.32. The van der Waals surface area contributed by atoms with Crippen molar-refractivity contribution in [3.8, 4) is 11.5 Å². The highest BCUT2D eigenvalue weighted by atomic mass is 16.5. The largest absolute Gasteiger partial charge is 0.493 e. The van der Waals surface area contributed by atoms with Gasteiger partial charge in [-0.05, 0) is 38.0 Å². The molecule has 0 amide bonds. The quantitative estimate of drug-likeness (QED) is 0.716. The van der Waals surface area contributed by atoms with Crippen LogP contribution in [-0.2, 0) is 6.42 Å². The Hall–Kier alpha value is -1.51. The van der Waals surface area contributed by atoms with Crippen molar-refractivity contribution in [1.82, 2.24) is 0 Å². The zero-order chi connectivity index (χ0) is 12.0. The van der Waals surface area contributed by atoms with Gasteiger partial charge in [0.2, 0.25) is 0 Å². The van der Waals surface area contributed by atoms with Gasteiger partial charge in [0.25, 0.3) is 0 Å². The molecule has 0 atom stereocenters. The zero-order valence-corrected chi connectivity index (χ0v) is 10.4. The van der Waals surface area contributed by atoms with Crippen molar-refractivity contribution >= 4 is 5.71 Å². The Morgan fingerprint density at radius 2 is 1.81 bits per heavy atom. The minimum absolute atomic E-state index is 0.765. The lowest BCUT2D eigenvalue weighted by Crippen LogP contribution is -1.95. The lowest BCUT2D eigenvalue weighted by atomic mass is 10.1. The maximum atomic E-state index is 5.24. The van der Waals surface area contributed by atoms with Gasteiger partial charge in [0.15, 0.2) is 11.5 Å². The van der Waals surface area contributed by atoms with E-state index in [0.717, 1.165) is 30.2 Å². The number of rotatable bonds is 5. The maximum absolute atomic E-state index is 5.24. The lowest BCUT2D eigenvalue weighted by Gasteiger charge is -2.08. The monoisotopic (exact) mass is 221 g/mol. The van der Waals surface area contributed by atoms with Crippen LogP contribution < -0.4 is 9.47 Å². The van der Waals surface area contributed by atoms with E-state index < -0.39 is 0 Å². The van der Waals surface area contributed by atoms with Crippen molar-refractivity contribution in [2.45, 2.75) is 20.3 Å². The molecule has 1 aromatic carbocycles. The van der Waals surface area contributed by atoms with Crippen molar-refractivity contribution in [2.24, 2.45) is 4.99 Å². The second kappa shape index (κ2) is 6.16. The van der Waals surface area contributed by atoms with Crippen LogP contribution in [0.5, 0.6) is 11.5 Å². The van der Waals surface area contributed by atoms with Crippen molar-refractivity contribution in [1.29, 1.82) is 0 Å². The van der Waals surface area contributed by atoms with Gasteiger partial charge in [0.05, 0.1) is 14.2 Å². The fraction of sp³-hybridized carbons (Fsp3) is 0.462. The van der Waals surface area contributed by atoms with E-state index in [2.05, 4.69) is 4.99 Å². The SMILES string of the molecule is COc1ccc(CCN=C(C)C)cc1OC. The first kappa shape index (κ1) is 12.6. The molecule has 0 heterocycles. The normalized spacial score (nSPS) is 9.75. The van der Waals surface area contributed by atoms with Crippen molar-refractivity contribution < 1.29 is 9.47 Å². The van der Waals surface area contributed by atoms with Gasteiger partial charge in [-0.25, -0.2) is 0 Å². The smallest absolute Gasteiger partial charge is 0.160 e. The number of nitrogens with zero attached hydrogens (tertiary/aromatic N) is 1. The Labute approximate surface area is 97.1 Å². The summed E-state index contributed by atoms with van der Waals surface area (Å²) in [4.78, 5) is 4.36. The summed E-state index contributed by atoms with van der Waals surface area (Å²) in [6.45, 7) is 4.83. The van der Waals surface area contributed by atoms with Gasteiger partial charge in [0, 0.05) is 12.3 Å². The van der Waals surface area contributed by atoms with Crippen LogP contribution in [0.1, 0.15) is 19.4 Å². The van der Waals surface area contributed by atoms with E-state index in [-0.39, 0.29) is 0 Å². The van der Waals surface area contributed by atoms with Crippen molar-refractivity contribution in [2.75, 3.05) is 20.8 Å².